The predicted octanol–water partition coefficient (Wildman–Crippen LogP) is 0.0250. The predicted molar refractivity (Wildman–Crippen MR) is 60.8 cm³/mol. The summed E-state index contributed by atoms with van der Waals surface area (Å²) in [5, 5.41) is 16.6. The first-order valence-electron chi connectivity index (χ1n) is 5.41. The van der Waals surface area contributed by atoms with Crippen molar-refractivity contribution >= 4 is 11.7 Å². The lowest BCUT2D eigenvalue weighted by Gasteiger charge is -2.09. The van der Waals surface area contributed by atoms with E-state index in [9.17, 15) is 14.9 Å². The molecule has 17 heavy (non-hydrogen) atoms. The van der Waals surface area contributed by atoms with E-state index in [1.807, 2.05) is 0 Å². The molecule has 1 saturated heterocycles. The Morgan fingerprint density at radius 2 is 2.41 bits per heavy atom. The van der Waals surface area contributed by atoms with Crippen LogP contribution in [0.4, 0.5) is 5.82 Å². The zero-order chi connectivity index (χ0) is 12.4. The fourth-order valence-electron chi connectivity index (χ4n) is 1.95. The molecule has 0 aromatic carbocycles. The first kappa shape index (κ1) is 11.6. The van der Waals surface area contributed by atoms with Gasteiger partial charge in [-0.2, -0.15) is 0 Å². The molecular formula is C10H14N4O3. The molecule has 2 N–H and O–H groups in total. The Hall–Kier alpha value is -1.89. The minimum atomic E-state index is -0.506. The standard InChI is InChI=1S/C10H14N4O3/c1-13-8(2-3-9(13)14(16)17)10(15)12-7-4-5-11-6-7/h2-3,7,11H,4-6H2,1H3,(H,12,15)/t7-/m0/s1. The van der Waals surface area contributed by atoms with Crippen LogP contribution in [0.3, 0.4) is 0 Å². The molecule has 1 aliphatic rings. The minimum absolute atomic E-state index is 0.0836. The van der Waals surface area contributed by atoms with Crippen molar-refractivity contribution in [1.29, 1.82) is 0 Å². The third-order valence-corrected chi connectivity index (χ3v) is 2.91. The number of carbonyl (C=O) groups is 1. The molecule has 1 fully saturated rings. The van der Waals surface area contributed by atoms with Gasteiger partial charge in [0.15, 0.2) is 5.69 Å². The molecule has 7 heteroatoms. The molecule has 1 amide bonds. The van der Waals surface area contributed by atoms with E-state index in [2.05, 4.69) is 10.6 Å². The van der Waals surface area contributed by atoms with Gasteiger partial charge in [-0.15, -0.1) is 0 Å². The van der Waals surface area contributed by atoms with Crippen LogP contribution in [0.2, 0.25) is 0 Å². The molecular weight excluding hydrogens is 224 g/mol. The van der Waals surface area contributed by atoms with Gasteiger partial charge in [-0.1, -0.05) is 0 Å². The summed E-state index contributed by atoms with van der Waals surface area (Å²) in [5.74, 6) is -0.353. The van der Waals surface area contributed by atoms with Gasteiger partial charge in [0, 0.05) is 18.7 Å². The molecule has 1 atom stereocenters. The Balaban J connectivity index is 2.11. The van der Waals surface area contributed by atoms with Crippen molar-refractivity contribution in [3.05, 3.63) is 27.9 Å². The number of hydrogen-bond donors (Lipinski definition) is 2. The maximum atomic E-state index is 11.9. The fraction of sp³-hybridized carbons (Fsp3) is 0.500. The van der Waals surface area contributed by atoms with E-state index in [0.717, 1.165) is 19.5 Å². The largest absolute Gasteiger partial charge is 0.358 e. The Kier molecular flexibility index (Phi) is 3.10. The van der Waals surface area contributed by atoms with Gasteiger partial charge in [-0.05, 0) is 24.0 Å². The van der Waals surface area contributed by atoms with Gasteiger partial charge >= 0.3 is 5.82 Å². The van der Waals surface area contributed by atoms with E-state index in [0.29, 0.717) is 5.69 Å². The van der Waals surface area contributed by atoms with E-state index < -0.39 is 4.92 Å². The SMILES string of the molecule is Cn1c(C(=O)N[C@H]2CCNC2)ccc1[N+](=O)[O-]. The normalized spacial score (nSPS) is 19.2. The van der Waals surface area contributed by atoms with E-state index in [4.69, 9.17) is 0 Å². The van der Waals surface area contributed by atoms with Crippen LogP contribution in [0.15, 0.2) is 12.1 Å². The molecule has 1 aromatic rings. The zero-order valence-corrected chi connectivity index (χ0v) is 9.47. The van der Waals surface area contributed by atoms with Crippen molar-refractivity contribution in [2.45, 2.75) is 12.5 Å². The number of hydrogen-bond acceptors (Lipinski definition) is 4. The quantitative estimate of drug-likeness (QED) is 0.574. The second kappa shape index (κ2) is 4.54. The summed E-state index contributed by atoms with van der Waals surface area (Å²) >= 11 is 0. The van der Waals surface area contributed by atoms with Crippen LogP contribution in [-0.4, -0.2) is 34.5 Å². The Labute approximate surface area is 97.9 Å². The highest BCUT2D eigenvalue weighted by atomic mass is 16.6. The molecule has 7 nitrogen and oxygen atoms in total. The van der Waals surface area contributed by atoms with Gasteiger partial charge in [-0.3, -0.25) is 4.79 Å². The number of nitrogens with zero attached hydrogens (tertiary/aromatic N) is 2. The molecule has 1 aliphatic heterocycles. The smallest absolute Gasteiger partial charge is 0.323 e. The lowest BCUT2D eigenvalue weighted by atomic mass is 10.2. The Morgan fingerprint density at radius 1 is 1.65 bits per heavy atom. The van der Waals surface area contributed by atoms with Gasteiger partial charge < -0.3 is 20.7 Å². The maximum absolute atomic E-state index is 11.9. The van der Waals surface area contributed by atoms with Crippen LogP contribution in [-0.2, 0) is 7.05 Å². The molecule has 0 radical (unpaired) electrons. The molecule has 0 aliphatic carbocycles. The topological polar surface area (TPSA) is 89.2 Å². The third kappa shape index (κ3) is 2.28. The van der Waals surface area contributed by atoms with E-state index in [1.165, 1.54) is 23.7 Å². The average molecular weight is 238 g/mol. The van der Waals surface area contributed by atoms with Crippen molar-refractivity contribution in [2.75, 3.05) is 13.1 Å². The highest BCUT2D eigenvalue weighted by Crippen LogP contribution is 2.15. The molecule has 0 unspecified atom stereocenters. The van der Waals surface area contributed by atoms with Crippen LogP contribution < -0.4 is 10.6 Å². The lowest BCUT2D eigenvalue weighted by Crippen LogP contribution is -2.37. The summed E-state index contributed by atoms with van der Waals surface area (Å²) in [7, 11) is 1.51. The van der Waals surface area contributed by atoms with Crippen molar-refractivity contribution in [2.24, 2.45) is 7.05 Å². The van der Waals surface area contributed by atoms with Crippen molar-refractivity contribution < 1.29 is 9.72 Å². The summed E-state index contributed by atoms with van der Waals surface area (Å²) in [6, 6.07) is 2.91. The number of amides is 1. The van der Waals surface area contributed by atoms with Crippen molar-refractivity contribution in [1.82, 2.24) is 15.2 Å². The van der Waals surface area contributed by atoms with Crippen molar-refractivity contribution in [3.8, 4) is 0 Å². The second-order valence-electron chi connectivity index (χ2n) is 4.06. The summed E-state index contributed by atoms with van der Waals surface area (Å²) < 4.78 is 1.29. The first-order chi connectivity index (χ1) is 8.09. The van der Waals surface area contributed by atoms with Gasteiger partial charge in [0.05, 0.1) is 7.05 Å². The zero-order valence-electron chi connectivity index (χ0n) is 9.47. The monoisotopic (exact) mass is 238 g/mol. The van der Waals surface area contributed by atoms with Crippen LogP contribution in [0.1, 0.15) is 16.9 Å². The lowest BCUT2D eigenvalue weighted by molar-refractivity contribution is -0.391. The molecule has 2 rings (SSSR count). The number of aromatic nitrogens is 1. The number of nitro groups is 1. The summed E-state index contributed by atoms with van der Waals surface area (Å²) in [4.78, 5) is 22.0. The van der Waals surface area contributed by atoms with Crippen molar-refractivity contribution in [3.63, 3.8) is 0 Å². The number of rotatable bonds is 3. The van der Waals surface area contributed by atoms with Crippen LogP contribution >= 0.6 is 0 Å². The Morgan fingerprint density at radius 3 is 2.94 bits per heavy atom. The summed E-state index contributed by atoms with van der Waals surface area (Å²) in [5.41, 5.74) is 0.309. The number of carbonyl (C=O) groups excluding carboxylic acids is 1. The molecule has 2 heterocycles. The summed E-state index contributed by atoms with van der Waals surface area (Å²) in [6.07, 6.45) is 0.887. The molecule has 0 spiro atoms. The maximum Gasteiger partial charge on any atom is 0.323 e. The fourth-order valence-corrected chi connectivity index (χ4v) is 1.95. The Bertz CT molecular complexity index is 448. The first-order valence-corrected chi connectivity index (χ1v) is 5.41. The van der Waals surface area contributed by atoms with Crippen LogP contribution in [0, 0.1) is 10.1 Å². The average Bonchev–Trinajstić information content (AvgIpc) is 2.86. The molecule has 1 aromatic heterocycles. The highest BCUT2D eigenvalue weighted by molar-refractivity contribution is 5.93. The van der Waals surface area contributed by atoms with Crippen LogP contribution in [0.25, 0.3) is 0 Å². The van der Waals surface area contributed by atoms with E-state index >= 15 is 0 Å². The number of nitrogens with one attached hydrogen (secondary N) is 2. The molecule has 92 valence electrons. The van der Waals surface area contributed by atoms with E-state index in [1.54, 1.807) is 0 Å². The summed E-state index contributed by atoms with van der Waals surface area (Å²) in [6.45, 7) is 1.64. The molecule has 0 bridgehead atoms. The second-order valence-corrected chi connectivity index (χ2v) is 4.06. The van der Waals surface area contributed by atoms with Crippen LogP contribution in [0.5, 0.6) is 0 Å². The molecule has 0 saturated carbocycles. The van der Waals surface area contributed by atoms with Gasteiger partial charge in [-0.25, -0.2) is 4.57 Å². The van der Waals surface area contributed by atoms with Gasteiger partial charge in [0.2, 0.25) is 0 Å². The van der Waals surface area contributed by atoms with Gasteiger partial charge in [0.25, 0.3) is 5.91 Å². The highest BCUT2D eigenvalue weighted by Gasteiger charge is 2.23. The van der Waals surface area contributed by atoms with Gasteiger partial charge in [0.1, 0.15) is 0 Å². The van der Waals surface area contributed by atoms with E-state index in [-0.39, 0.29) is 17.8 Å². The minimum Gasteiger partial charge on any atom is -0.358 e. The third-order valence-electron chi connectivity index (χ3n) is 2.91.